The lowest BCUT2D eigenvalue weighted by Crippen LogP contribution is -2.11. The molecule has 1 aromatic carbocycles. The minimum atomic E-state index is -3.47. The number of hydrogen-bond acceptors (Lipinski definition) is 4. The molecule has 0 amide bonds. The molecule has 0 spiro atoms. The maximum Gasteiger partial charge on any atom is 0.271 e. The normalized spacial score (nSPS) is 11.4. The lowest BCUT2D eigenvalue weighted by Gasteiger charge is -2.05. The molecule has 0 radical (unpaired) electrons. The molecule has 0 aliphatic rings. The van der Waals surface area contributed by atoms with Gasteiger partial charge in [0, 0.05) is 12.2 Å². The van der Waals surface area contributed by atoms with Gasteiger partial charge in [-0.1, -0.05) is 18.2 Å². The number of sulfonamides is 1. The van der Waals surface area contributed by atoms with Crippen molar-refractivity contribution in [1.29, 1.82) is 0 Å². The van der Waals surface area contributed by atoms with E-state index in [0.29, 0.717) is 16.4 Å². The second-order valence-corrected chi connectivity index (χ2v) is 6.60. The molecule has 1 aromatic heterocycles. The Morgan fingerprint density at radius 3 is 2.61 bits per heavy atom. The Morgan fingerprint density at radius 1 is 1.22 bits per heavy atom. The van der Waals surface area contributed by atoms with Crippen LogP contribution in [-0.2, 0) is 16.6 Å². The summed E-state index contributed by atoms with van der Waals surface area (Å²) < 4.78 is 27.1. The molecule has 96 valence electrons. The number of benzene rings is 1. The van der Waals surface area contributed by atoms with Gasteiger partial charge in [-0.25, -0.2) is 8.42 Å². The van der Waals surface area contributed by atoms with E-state index in [1.807, 2.05) is 18.5 Å². The number of anilines is 1. The first-order chi connectivity index (χ1) is 8.62. The minimum absolute atomic E-state index is 0.330. The van der Waals surface area contributed by atoms with Crippen molar-refractivity contribution in [3.05, 3.63) is 47.3 Å². The average Bonchev–Trinajstić information content (AvgIpc) is 2.80. The van der Waals surface area contributed by atoms with E-state index in [9.17, 15) is 8.42 Å². The van der Waals surface area contributed by atoms with Crippen LogP contribution in [0.3, 0.4) is 0 Å². The highest BCUT2D eigenvalue weighted by Crippen LogP contribution is 2.22. The second-order valence-electron chi connectivity index (χ2n) is 3.78. The van der Waals surface area contributed by atoms with E-state index in [0.717, 1.165) is 5.56 Å². The number of hydrogen-bond donors (Lipinski definition) is 2. The van der Waals surface area contributed by atoms with Gasteiger partial charge in [-0.2, -0.15) is 0 Å². The van der Waals surface area contributed by atoms with Gasteiger partial charge >= 0.3 is 0 Å². The van der Waals surface area contributed by atoms with Crippen molar-refractivity contribution < 1.29 is 8.42 Å². The summed E-state index contributed by atoms with van der Waals surface area (Å²) in [7, 11) is -1.64. The molecule has 2 N–H and O–H groups in total. The molecule has 0 atom stereocenters. The highest BCUT2D eigenvalue weighted by atomic mass is 32.2. The molecule has 0 unspecified atom stereocenters. The third-order valence-corrected chi connectivity index (χ3v) is 5.17. The molecule has 0 fully saturated rings. The van der Waals surface area contributed by atoms with Crippen LogP contribution in [0, 0.1) is 0 Å². The Hall–Kier alpha value is -1.37. The van der Waals surface area contributed by atoms with Crippen LogP contribution in [0.15, 0.2) is 46.0 Å². The molecule has 6 heteroatoms. The van der Waals surface area contributed by atoms with Gasteiger partial charge in [0.05, 0.1) is 0 Å². The third kappa shape index (κ3) is 3.10. The van der Waals surface area contributed by atoms with Crippen molar-refractivity contribution in [2.24, 2.45) is 0 Å². The molecule has 2 aromatic rings. The fraction of sp³-hybridized carbons (Fsp3) is 0.167. The Kier molecular flexibility index (Phi) is 4.00. The standard InChI is InChI=1S/C12H14N2O2S2/c1-13-8-10-7-12(17-9-10)18(15,16)14-11-5-3-2-4-6-11/h2-7,9,13-14H,8H2,1H3. The van der Waals surface area contributed by atoms with Crippen LogP contribution in [-0.4, -0.2) is 15.5 Å². The van der Waals surface area contributed by atoms with Gasteiger partial charge in [0.2, 0.25) is 0 Å². The second kappa shape index (κ2) is 5.51. The Labute approximate surface area is 111 Å². The summed E-state index contributed by atoms with van der Waals surface area (Å²) in [5, 5.41) is 4.83. The van der Waals surface area contributed by atoms with Crippen LogP contribution in [0.2, 0.25) is 0 Å². The number of nitrogens with one attached hydrogen (secondary N) is 2. The van der Waals surface area contributed by atoms with Crippen LogP contribution < -0.4 is 10.0 Å². The van der Waals surface area contributed by atoms with Gasteiger partial charge in [-0.05, 0) is 36.2 Å². The topological polar surface area (TPSA) is 58.2 Å². The predicted molar refractivity (Wildman–Crippen MR) is 74.3 cm³/mol. The van der Waals surface area contributed by atoms with Gasteiger partial charge in [-0.15, -0.1) is 11.3 Å². The summed E-state index contributed by atoms with van der Waals surface area (Å²) in [4.78, 5) is 0. The van der Waals surface area contributed by atoms with Crippen molar-refractivity contribution in [1.82, 2.24) is 5.32 Å². The Bertz CT molecular complexity index is 606. The maximum atomic E-state index is 12.1. The fourth-order valence-corrected chi connectivity index (χ4v) is 3.77. The van der Waals surface area contributed by atoms with Gasteiger partial charge in [0.25, 0.3) is 10.0 Å². The molecule has 0 bridgehead atoms. The summed E-state index contributed by atoms with van der Waals surface area (Å²) in [6, 6.07) is 10.6. The molecule has 1 heterocycles. The zero-order valence-corrected chi connectivity index (χ0v) is 11.5. The summed E-state index contributed by atoms with van der Waals surface area (Å²) in [6.07, 6.45) is 0. The SMILES string of the molecule is CNCc1csc(S(=O)(=O)Nc2ccccc2)c1. The van der Waals surface area contributed by atoms with E-state index in [1.54, 1.807) is 30.3 Å². The summed E-state index contributed by atoms with van der Waals surface area (Å²) >= 11 is 1.23. The zero-order valence-electron chi connectivity index (χ0n) is 9.88. The molecule has 0 saturated heterocycles. The highest BCUT2D eigenvalue weighted by molar-refractivity contribution is 7.94. The Morgan fingerprint density at radius 2 is 1.94 bits per heavy atom. The van der Waals surface area contributed by atoms with Crippen molar-refractivity contribution in [3.63, 3.8) is 0 Å². The molecular weight excluding hydrogens is 268 g/mol. The third-order valence-electron chi connectivity index (χ3n) is 2.30. The molecular formula is C12H14N2O2S2. The van der Waals surface area contributed by atoms with Gasteiger partial charge in [0.15, 0.2) is 0 Å². The van der Waals surface area contributed by atoms with E-state index in [4.69, 9.17) is 0 Å². The van der Waals surface area contributed by atoms with Crippen molar-refractivity contribution in [3.8, 4) is 0 Å². The predicted octanol–water partition coefficient (Wildman–Crippen LogP) is 2.27. The Balaban J connectivity index is 2.20. The number of rotatable bonds is 5. The van der Waals surface area contributed by atoms with Gasteiger partial charge < -0.3 is 5.32 Å². The van der Waals surface area contributed by atoms with E-state index in [2.05, 4.69) is 10.0 Å². The lowest BCUT2D eigenvalue weighted by molar-refractivity contribution is 0.603. The first kappa shape index (κ1) is 13.1. The maximum absolute atomic E-state index is 12.1. The zero-order chi connectivity index (χ0) is 13.0. The molecule has 0 aliphatic carbocycles. The summed E-state index contributed by atoms with van der Waals surface area (Å²) in [6.45, 7) is 0.664. The van der Waals surface area contributed by atoms with Crippen LogP contribution in [0.5, 0.6) is 0 Å². The van der Waals surface area contributed by atoms with Gasteiger partial charge in [-0.3, -0.25) is 4.72 Å². The lowest BCUT2D eigenvalue weighted by atomic mass is 10.3. The highest BCUT2D eigenvalue weighted by Gasteiger charge is 2.16. The molecule has 2 rings (SSSR count). The molecule has 0 aliphatic heterocycles. The largest absolute Gasteiger partial charge is 0.316 e. The van der Waals surface area contributed by atoms with Crippen molar-refractivity contribution in [2.75, 3.05) is 11.8 Å². The van der Waals surface area contributed by atoms with Crippen LogP contribution >= 0.6 is 11.3 Å². The first-order valence-electron chi connectivity index (χ1n) is 5.42. The summed E-state index contributed by atoms with van der Waals surface area (Å²) in [5.74, 6) is 0. The molecule has 18 heavy (non-hydrogen) atoms. The molecule has 0 saturated carbocycles. The summed E-state index contributed by atoms with van der Waals surface area (Å²) in [5.41, 5.74) is 1.54. The van der Waals surface area contributed by atoms with Crippen LogP contribution in [0.25, 0.3) is 0 Å². The van der Waals surface area contributed by atoms with Crippen molar-refractivity contribution in [2.45, 2.75) is 10.8 Å². The van der Waals surface area contributed by atoms with Crippen LogP contribution in [0.4, 0.5) is 5.69 Å². The van der Waals surface area contributed by atoms with E-state index in [-0.39, 0.29) is 0 Å². The monoisotopic (exact) mass is 282 g/mol. The van der Waals surface area contributed by atoms with Gasteiger partial charge in [0.1, 0.15) is 4.21 Å². The van der Waals surface area contributed by atoms with E-state index < -0.39 is 10.0 Å². The first-order valence-corrected chi connectivity index (χ1v) is 7.78. The number of para-hydroxylation sites is 1. The smallest absolute Gasteiger partial charge is 0.271 e. The van der Waals surface area contributed by atoms with Crippen molar-refractivity contribution >= 4 is 27.0 Å². The molecule has 4 nitrogen and oxygen atoms in total. The van der Waals surface area contributed by atoms with Crippen LogP contribution in [0.1, 0.15) is 5.56 Å². The van der Waals surface area contributed by atoms with E-state index >= 15 is 0 Å². The minimum Gasteiger partial charge on any atom is -0.316 e. The average molecular weight is 282 g/mol. The quantitative estimate of drug-likeness (QED) is 0.884. The fourth-order valence-electron chi connectivity index (χ4n) is 1.50. The number of thiophene rings is 1. The van der Waals surface area contributed by atoms with E-state index in [1.165, 1.54) is 11.3 Å².